The molecule has 2 fully saturated rings. The highest BCUT2D eigenvalue weighted by Crippen LogP contribution is 2.25. The first kappa shape index (κ1) is 12.3. The van der Waals surface area contributed by atoms with Crippen molar-refractivity contribution in [3.05, 3.63) is 0 Å². The molecule has 1 aliphatic carbocycles. The molecule has 1 saturated heterocycles. The van der Waals surface area contributed by atoms with E-state index in [0.29, 0.717) is 6.04 Å². The number of piperidine rings is 1. The van der Waals surface area contributed by atoms with Gasteiger partial charge in [-0.3, -0.25) is 0 Å². The minimum absolute atomic E-state index is 0.0729. The quantitative estimate of drug-likeness (QED) is 0.782. The van der Waals surface area contributed by atoms with Crippen molar-refractivity contribution in [2.75, 3.05) is 33.7 Å². The van der Waals surface area contributed by atoms with Crippen LogP contribution in [0.1, 0.15) is 32.1 Å². The molecule has 0 unspecified atom stereocenters. The van der Waals surface area contributed by atoms with E-state index in [9.17, 15) is 5.11 Å². The van der Waals surface area contributed by atoms with Crippen LogP contribution in [0.3, 0.4) is 0 Å². The van der Waals surface area contributed by atoms with Crippen LogP contribution in [-0.2, 0) is 0 Å². The summed E-state index contributed by atoms with van der Waals surface area (Å²) in [4.78, 5) is 4.83. The van der Waals surface area contributed by atoms with Crippen LogP contribution in [0.25, 0.3) is 0 Å². The highest BCUT2D eigenvalue weighted by Gasteiger charge is 2.30. The van der Waals surface area contributed by atoms with Gasteiger partial charge in [-0.1, -0.05) is 0 Å². The van der Waals surface area contributed by atoms with E-state index in [2.05, 4.69) is 23.9 Å². The molecule has 1 aliphatic heterocycles. The molecule has 2 aliphatic rings. The fraction of sp³-hybridized carbons (Fsp3) is 1.00. The molecule has 1 heterocycles. The molecule has 3 heteroatoms. The lowest BCUT2D eigenvalue weighted by Gasteiger charge is -2.34. The number of nitrogens with zero attached hydrogens (tertiary/aromatic N) is 2. The molecule has 94 valence electrons. The third-order valence-electron chi connectivity index (χ3n) is 4.39. The van der Waals surface area contributed by atoms with Gasteiger partial charge in [0.25, 0.3) is 0 Å². The minimum Gasteiger partial charge on any atom is -0.391 e. The van der Waals surface area contributed by atoms with Crippen LogP contribution in [-0.4, -0.2) is 60.8 Å². The Hall–Kier alpha value is -0.120. The van der Waals surface area contributed by atoms with Crippen LogP contribution in [0, 0.1) is 5.92 Å². The number of aliphatic hydroxyl groups excluding tert-OH is 1. The molecule has 16 heavy (non-hydrogen) atoms. The molecular weight excluding hydrogens is 200 g/mol. The Balaban J connectivity index is 1.76. The molecule has 2 atom stereocenters. The summed E-state index contributed by atoms with van der Waals surface area (Å²) in [5.41, 5.74) is 0. The average Bonchev–Trinajstić information content (AvgIpc) is 2.68. The molecule has 0 spiro atoms. The van der Waals surface area contributed by atoms with E-state index in [-0.39, 0.29) is 6.10 Å². The van der Waals surface area contributed by atoms with Gasteiger partial charge in [0.05, 0.1) is 6.10 Å². The molecule has 0 bridgehead atoms. The summed E-state index contributed by atoms with van der Waals surface area (Å²) in [5, 5.41) is 9.88. The van der Waals surface area contributed by atoms with Gasteiger partial charge in [-0.15, -0.1) is 0 Å². The topological polar surface area (TPSA) is 26.7 Å². The van der Waals surface area contributed by atoms with E-state index in [0.717, 1.165) is 12.3 Å². The summed E-state index contributed by atoms with van der Waals surface area (Å²) in [6, 6.07) is 0.430. The molecule has 0 aromatic heterocycles. The van der Waals surface area contributed by atoms with Gasteiger partial charge in [0.2, 0.25) is 0 Å². The predicted octanol–water partition coefficient (Wildman–Crippen LogP) is 1.17. The van der Waals surface area contributed by atoms with Crippen molar-refractivity contribution in [2.45, 2.75) is 44.2 Å². The summed E-state index contributed by atoms with van der Waals surface area (Å²) in [6.45, 7) is 3.66. The summed E-state index contributed by atoms with van der Waals surface area (Å²) in [5.74, 6) is 0.842. The van der Waals surface area contributed by atoms with Crippen molar-refractivity contribution in [1.82, 2.24) is 9.80 Å². The van der Waals surface area contributed by atoms with Gasteiger partial charge in [0.15, 0.2) is 0 Å². The lowest BCUT2D eigenvalue weighted by atomic mass is 9.96. The van der Waals surface area contributed by atoms with Crippen molar-refractivity contribution >= 4 is 0 Å². The van der Waals surface area contributed by atoms with E-state index < -0.39 is 0 Å². The normalized spacial score (nSPS) is 33.8. The fourth-order valence-corrected chi connectivity index (χ4v) is 3.22. The maximum atomic E-state index is 9.88. The molecule has 1 saturated carbocycles. The maximum absolute atomic E-state index is 9.88. The number of hydrogen-bond donors (Lipinski definition) is 1. The van der Waals surface area contributed by atoms with Gasteiger partial charge in [-0.05, 0) is 65.2 Å². The molecular formula is C13H26N2O. The van der Waals surface area contributed by atoms with Crippen molar-refractivity contribution in [3.63, 3.8) is 0 Å². The van der Waals surface area contributed by atoms with Crippen LogP contribution in [0.4, 0.5) is 0 Å². The van der Waals surface area contributed by atoms with Gasteiger partial charge in [0, 0.05) is 12.6 Å². The zero-order valence-electron chi connectivity index (χ0n) is 10.7. The zero-order chi connectivity index (χ0) is 11.5. The van der Waals surface area contributed by atoms with Gasteiger partial charge in [0.1, 0.15) is 0 Å². The van der Waals surface area contributed by atoms with E-state index in [1.165, 1.54) is 45.3 Å². The van der Waals surface area contributed by atoms with E-state index in [4.69, 9.17) is 0 Å². The molecule has 1 N–H and O–H groups in total. The first-order chi connectivity index (χ1) is 7.66. The molecule has 2 rings (SSSR count). The maximum Gasteiger partial charge on any atom is 0.0695 e. The van der Waals surface area contributed by atoms with Gasteiger partial charge >= 0.3 is 0 Å². The second kappa shape index (κ2) is 5.48. The number of hydrogen-bond acceptors (Lipinski definition) is 3. The Labute approximate surface area is 99.4 Å². The van der Waals surface area contributed by atoms with Crippen molar-refractivity contribution < 1.29 is 5.11 Å². The SMILES string of the molecule is CN1CCC(CN(C)[C@H]2CCC[C@@H]2O)CC1. The Morgan fingerprint density at radius 2 is 1.88 bits per heavy atom. The van der Waals surface area contributed by atoms with E-state index in [1.54, 1.807) is 0 Å². The monoisotopic (exact) mass is 226 g/mol. The second-order valence-electron chi connectivity index (χ2n) is 5.75. The second-order valence-corrected chi connectivity index (χ2v) is 5.75. The van der Waals surface area contributed by atoms with Crippen LogP contribution in [0.5, 0.6) is 0 Å². The first-order valence-corrected chi connectivity index (χ1v) is 6.73. The largest absolute Gasteiger partial charge is 0.391 e. The molecule has 0 aromatic rings. The Morgan fingerprint density at radius 1 is 1.19 bits per heavy atom. The summed E-state index contributed by atoms with van der Waals surface area (Å²) >= 11 is 0. The van der Waals surface area contributed by atoms with E-state index in [1.807, 2.05) is 0 Å². The van der Waals surface area contributed by atoms with Crippen LogP contribution in [0.2, 0.25) is 0 Å². The number of likely N-dealkylation sites (tertiary alicyclic amines) is 1. The smallest absolute Gasteiger partial charge is 0.0695 e. The third-order valence-corrected chi connectivity index (χ3v) is 4.39. The average molecular weight is 226 g/mol. The lowest BCUT2D eigenvalue weighted by molar-refractivity contribution is 0.0683. The summed E-state index contributed by atoms with van der Waals surface area (Å²) in [6.07, 6.45) is 5.96. The van der Waals surface area contributed by atoms with Gasteiger partial charge in [-0.2, -0.15) is 0 Å². The Bertz CT molecular complexity index is 214. The minimum atomic E-state index is -0.0729. The van der Waals surface area contributed by atoms with Gasteiger partial charge < -0.3 is 14.9 Å². The molecule has 0 aromatic carbocycles. The Kier molecular flexibility index (Phi) is 4.22. The fourth-order valence-electron chi connectivity index (χ4n) is 3.22. The lowest BCUT2D eigenvalue weighted by Crippen LogP contribution is -2.42. The van der Waals surface area contributed by atoms with Crippen molar-refractivity contribution in [1.29, 1.82) is 0 Å². The summed E-state index contributed by atoms with van der Waals surface area (Å²) in [7, 11) is 4.40. The molecule has 3 nitrogen and oxygen atoms in total. The Morgan fingerprint density at radius 3 is 2.44 bits per heavy atom. The van der Waals surface area contributed by atoms with E-state index >= 15 is 0 Å². The van der Waals surface area contributed by atoms with Gasteiger partial charge in [-0.25, -0.2) is 0 Å². The van der Waals surface area contributed by atoms with Crippen molar-refractivity contribution in [2.24, 2.45) is 5.92 Å². The van der Waals surface area contributed by atoms with Crippen molar-refractivity contribution in [3.8, 4) is 0 Å². The molecule has 0 amide bonds. The number of rotatable bonds is 3. The third kappa shape index (κ3) is 2.96. The van der Waals surface area contributed by atoms with Crippen LogP contribution >= 0.6 is 0 Å². The highest BCUT2D eigenvalue weighted by molar-refractivity contribution is 4.85. The first-order valence-electron chi connectivity index (χ1n) is 6.73. The number of aliphatic hydroxyl groups is 1. The van der Waals surface area contributed by atoms with Crippen LogP contribution in [0.15, 0.2) is 0 Å². The standard InChI is InChI=1S/C13H26N2O/c1-14-8-6-11(7-9-14)10-15(2)12-4-3-5-13(12)16/h11-13,16H,3-10H2,1-2H3/t12-,13-/m0/s1. The highest BCUT2D eigenvalue weighted by atomic mass is 16.3. The zero-order valence-corrected chi connectivity index (χ0v) is 10.7. The predicted molar refractivity (Wildman–Crippen MR) is 66.5 cm³/mol. The molecule has 0 radical (unpaired) electrons. The van der Waals surface area contributed by atoms with Crippen LogP contribution < -0.4 is 0 Å². The number of likely N-dealkylation sites (N-methyl/N-ethyl adjacent to an activating group) is 1. The summed E-state index contributed by atoms with van der Waals surface area (Å²) < 4.78 is 0.